The van der Waals surface area contributed by atoms with E-state index in [0.717, 1.165) is 31.2 Å². The van der Waals surface area contributed by atoms with Crippen LogP contribution in [0.1, 0.15) is 76.5 Å². The Morgan fingerprint density at radius 3 is 2.38 bits per heavy atom. The number of aromatic amines is 1. The predicted octanol–water partition coefficient (Wildman–Crippen LogP) is 4.44. The van der Waals surface area contributed by atoms with Crippen molar-refractivity contribution in [3.05, 3.63) is 66.8 Å². The van der Waals surface area contributed by atoms with Gasteiger partial charge in [0, 0.05) is 12.6 Å². The molecule has 0 radical (unpaired) electrons. The number of aliphatic hydroxyl groups is 1. The summed E-state index contributed by atoms with van der Waals surface area (Å²) < 4.78 is 0. The van der Waals surface area contributed by atoms with Crippen molar-refractivity contribution in [1.29, 1.82) is 0 Å². The number of aromatic nitrogens is 2. The summed E-state index contributed by atoms with van der Waals surface area (Å²) >= 11 is 0. The number of carbonyl (C=O) groups is 3. The monoisotopic (exact) mass is 580 g/mol. The van der Waals surface area contributed by atoms with E-state index in [4.69, 9.17) is 0 Å². The Kier molecular flexibility index (Phi) is 13.3. The van der Waals surface area contributed by atoms with Crippen molar-refractivity contribution in [2.45, 2.75) is 96.2 Å². The summed E-state index contributed by atoms with van der Waals surface area (Å²) in [5, 5.41) is 26.8. The molecule has 9 nitrogen and oxygen atoms in total. The number of carboxylic acid groups (broad SMARTS) is 1. The number of benzene rings is 1. The molecular weight excluding hydrogens is 532 g/mol. The minimum absolute atomic E-state index is 0.0973. The number of H-pyrrole nitrogens is 1. The lowest BCUT2D eigenvalue weighted by Gasteiger charge is -2.33. The highest BCUT2D eigenvalue weighted by Crippen LogP contribution is 2.30. The molecule has 1 heterocycles. The predicted molar refractivity (Wildman–Crippen MR) is 162 cm³/mol. The van der Waals surface area contributed by atoms with Gasteiger partial charge in [-0.3, -0.25) is 14.4 Å². The highest BCUT2D eigenvalue weighted by Gasteiger charge is 2.33. The second-order valence-corrected chi connectivity index (χ2v) is 12.1. The Balaban J connectivity index is 1.80. The van der Waals surface area contributed by atoms with Crippen LogP contribution >= 0.6 is 0 Å². The van der Waals surface area contributed by atoms with E-state index in [1.54, 1.807) is 6.20 Å². The zero-order valence-electron chi connectivity index (χ0n) is 25.0. The van der Waals surface area contributed by atoms with Crippen molar-refractivity contribution in [1.82, 2.24) is 20.6 Å². The summed E-state index contributed by atoms with van der Waals surface area (Å²) in [5.41, 5.74) is 1.42. The average molecular weight is 581 g/mol. The Bertz CT molecular complexity index is 1110. The molecule has 1 aliphatic carbocycles. The van der Waals surface area contributed by atoms with Gasteiger partial charge in [-0.05, 0) is 42.6 Å². The first-order chi connectivity index (χ1) is 20.2. The van der Waals surface area contributed by atoms with Crippen LogP contribution in [0.4, 0.5) is 0 Å². The Labute approximate surface area is 249 Å². The molecule has 3 rings (SSSR count). The molecule has 1 aliphatic rings. The Morgan fingerprint density at radius 2 is 1.79 bits per heavy atom. The molecule has 1 fully saturated rings. The molecule has 1 saturated carbocycles. The van der Waals surface area contributed by atoms with Gasteiger partial charge in [0.1, 0.15) is 6.04 Å². The van der Waals surface area contributed by atoms with Crippen LogP contribution in [-0.2, 0) is 27.2 Å². The minimum atomic E-state index is -1.09. The normalized spacial score (nSPS) is 17.5. The van der Waals surface area contributed by atoms with Crippen molar-refractivity contribution >= 4 is 17.8 Å². The van der Waals surface area contributed by atoms with E-state index in [0.29, 0.717) is 30.4 Å². The highest BCUT2D eigenvalue weighted by atomic mass is 16.4. The second-order valence-electron chi connectivity index (χ2n) is 12.1. The first-order valence-corrected chi connectivity index (χ1v) is 15.3. The topological polar surface area (TPSA) is 144 Å². The number of nitrogens with one attached hydrogen (secondary N) is 3. The fraction of sp³-hybridized carbons (Fsp3) is 0.576. The number of amides is 2. The lowest BCUT2D eigenvalue weighted by atomic mass is 9.81. The summed E-state index contributed by atoms with van der Waals surface area (Å²) in [6.07, 6.45) is 11.0. The summed E-state index contributed by atoms with van der Waals surface area (Å²) in [6, 6.07) is 7.76. The fourth-order valence-electron chi connectivity index (χ4n) is 5.94. The Hall–Kier alpha value is -3.46. The van der Waals surface area contributed by atoms with Gasteiger partial charge in [0.05, 0.1) is 36.5 Å². The number of imidazole rings is 1. The van der Waals surface area contributed by atoms with Crippen LogP contribution in [0.15, 0.2) is 55.5 Å². The Morgan fingerprint density at radius 1 is 1.07 bits per heavy atom. The lowest BCUT2D eigenvalue weighted by molar-refractivity contribution is -0.141. The molecule has 5 N–H and O–H groups in total. The zero-order valence-corrected chi connectivity index (χ0v) is 25.0. The third-order valence-electron chi connectivity index (χ3n) is 8.49. The van der Waals surface area contributed by atoms with E-state index in [1.165, 1.54) is 12.7 Å². The number of hydrogen-bond acceptors (Lipinski definition) is 5. The molecule has 230 valence electrons. The van der Waals surface area contributed by atoms with Gasteiger partial charge < -0.3 is 25.8 Å². The standard InChI is InChI=1S/C33H48N4O5/c1-4-25(22(2)3)17-30(38)28(16-24-13-9-6-10-14-24)36-33(42)29(19-27-20-34-21-35-27)37-32(41)26(18-31(39)40)15-23-11-7-5-8-12-23/h4-5,7-8,11-12,20-22,24-26,28-30,38H,1,6,9-10,13-19H2,2-3H3,(H,34,35)(H,36,42)(H,37,41)(H,39,40)/t25-,26+,28-,29-,30-/m0/s1. The second kappa shape index (κ2) is 16.9. The molecule has 0 aliphatic heterocycles. The number of aliphatic carboxylic acids is 1. The molecule has 0 saturated heterocycles. The number of aliphatic hydroxyl groups excluding tert-OH is 1. The fourth-order valence-corrected chi connectivity index (χ4v) is 5.94. The number of nitrogens with zero attached hydrogens (tertiary/aromatic N) is 1. The molecule has 1 aromatic heterocycles. The van der Waals surface area contributed by atoms with Crippen LogP contribution in [0.3, 0.4) is 0 Å². The molecule has 5 atom stereocenters. The highest BCUT2D eigenvalue weighted by molar-refractivity contribution is 5.90. The van der Waals surface area contributed by atoms with Gasteiger partial charge in [0.15, 0.2) is 0 Å². The van der Waals surface area contributed by atoms with Crippen LogP contribution in [-0.4, -0.2) is 56.2 Å². The van der Waals surface area contributed by atoms with Gasteiger partial charge in [-0.1, -0.05) is 82.4 Å². The summed E-state index contributed by atoms with van der Waals surface area (Å²) in [5.74, 6) is -2.07. The van der Waals surface area contributed by atoms with E-state index < -0.39 is 41.9 Å². The molecule has 9 heteroatoms. The molecule has 0 unspecified atom stereocenters. The number of rotatable bonds is 17. The largest absolute Gasteiger partial charge is 0.481 e. The lowest BCUT2D eigenvalue weighted by Crippen LogP contribution is -2.55. The maximum atomic E-state index is 13.8. The summed E-state index contributed by atoms with van der Waals surface area (Å²) in [7, 11) is 0. The van der Waals surface area contributed by atoms with Gasteiger partial charge in [0.2, 0.25) is 11.8 Å². The molecule has 0 spiro atoms. The molecule has 0 bridgehead atoms. The van der Waals surface area contributed by atoms with Crippen molar-refractivity contribution in [2.75, 3.05) is 0 Å². The van der Waals surface area contributed by atoms with Crippen molar-refractivity contribution in [2.24, 2.45) is 23.7 Å². The number of carboxylic acids is 1. The van der Waals surface area contributed by atoms with Crippen molar-refractivity contribution < 1.29 is 24.6 Å². The molecule has 2 amide bonds. The molecule has 1 aromatic carbocycles. The summed E-state index contributed by atoms with van der Waals surface area (Å²) in [4.78, 5) is 46.1. The quantitative estimate of drug-likeness (QED) is 0.175. The maximum Gasteiger partial charge on any atom is 0.304 e. The van der Waals surface area contributed by atoms with E-state index in [-0.39, 0.29) is 25.2 Å². The molecule has 2 aromatic rings. The van der Waals surface area contributed by atoms with E-state index >= 15 is 0 Å². The van der Waals surface area contributed by atoms with Gasteiger partial charge in [-0.15, -0.1) is 6.58 Å². The average Bonchev–Trinajstić information content (AvgIpc) is 3.48. The first-order valence-electron chi connectivity index (χ1n) is 15.3. The van der Waals surface area contributed by atoms with Crippen molar-refractivity contribution in [3.8, 4) is 0 Å². The van der Waals surface area contributed by atoms with Gasteiger partial charge >= 0.3 is 5.97 Å². The number of carbonyl (C=O) groups excluding carboxylic acids is 2. The zero-order chi connectivity index (χ0) is 30.5. The first kappa shape index (κ1) is 33.0. The van der Waals surface area contributed by atoms with E-state index in [2.05, 4.69) is 41.0 Å². The van der Waals surface area contributed by atoms with Gasteiger partial charge in [-0.2, -0.15) is 0 Å². The van der Waals surface area contributed by atoms with Gasteiger partial charge in [0.25, 0.3) is 0 Å². The third-order valence-corrected chi connectivity index (χ3v) is 8.49. The van der Waals surface area contributed by atoms with Gasteiger partial charge in [-0.25, -0.2) is 4.98 Å². The van der Waals surface area contributed by atoms with Crippen LogP contribution < -0.4 is 10.6 Å². The van der Waals surface area contributed by atoms with Crippen LogP contribution in [0.25, 0.3) is 0 Å². The number of allylic oxidation sites excluding steroid dienone is 1. The maximum absolute atomic E-state index is 13.8. The van der Waals surface area contributed by atoms with Crippen LogP contribution in [0.2, 0.25) is 0 Å². The van der Waals surface area contributed by atoms with Crippen LogP contribution in [0, 0.1) is 23.7 Å². The van der Waals surface area contributed by atoms with Crippen molar-refractivity contribution in [3.63, 3.8) is 0 Å². The summed E-state index contributed by atoms with van der Waals surface area (Å²) in [6.45, 7) is 8.12. The third kappa shape index (κ3) is 10.7. The molecular formula is C33H48N4O5. The van der Waals surface area contributed by atoms with E-state index in [1.807, 2.05) is 36.4 Å². The molecule has 42 heavy (non-hydrogen) atoms. The minimum Gasteiger partial charge on any atom is -0.481 e. The van der Waals surface area contributed by atoms with E-state index in [9.17, 15) is 24.6 Å². The SMILES string of the molecule is C=C[C@@H](C[C@H](O)[C@H](CC1CCCCC1)NC(=O)[C@H](Cc1c[nH]cn1)NC(=O)[C@@H](CC(=O)O)Cc1ccccc1)C(C)C. The number of hydrogen-bond donors (Lipinski definition) is 5. The smallest absolute Gasteiger partial charge is 0.304 e. The van der Waals surface area contributed by atoms with Crippen LogP contribution in [0.5, 0.6) is 0 Å².